The van der Waals surface area contributed by atoms with E-state index in [-0.39, 0.29) is 22.7 Å². The van der Waals surface area contributed by atoms with Crippen LogP contribution in [0.1, 0.15) is 53.5 Å². The van der Waals surface area contributed by atoms with Gasteiger partial charge in [-0.25, -0.2) is 9.97 Å². The predicted octanol–water partition coefficient (Wildman–Crippen LogP) is 3.41. The molecular weight excluding hydrogens is 366 g/mol. The zero-order valence-electron chi connectivity index (χ0n) is 17.7. The lowest BCUT2D eigenvalue weighted by molar-refractivity contribution is 0.135. The van der Waals surface area contributed by atoms with Crippen LogP contribution in [-0.2, 0) is 0 Å². The van der Waals surface area contributed by atoms with Crippen LogP contribution in [0.5, 0.6) is 5.75 Å². The highest BCUT2D eigenvalue weighted by Crippen LogP contribution is 2.42. The fraction of sp³-hybridized carbons (Fsp3) is 0.500. The largest absolute Gasteiger partial charge is 0.488 e. The van der Waals surface area contributed by atoms with Crippen LogP contribution >= 0.6 is 0 Å². The Bertz CT molecular complexity index is 1130. The number of hydrogen-bond acceptors (Lipinski definition) is 6. The van der Waals surface area contributed by atoms with Gasteiger partial charge in [0.05, 0.1) is 17.5 Å². The van der Waals surface area contributed by atoms with Crippen molar-refractivity contribution >= 4 is 27.9 Å². The number of aromatic nitrogens is 3. The van der Waals surface area contributed by atoms with Crippen molar-refractivity contribution < 1.29 is 4.74 Å². The molecule has 0 amide bonds. The van der Waals surface area contributed by atoms with Crippen molar-refractivity contribution in [2.45, 2.75) is 64.6 Å². The van der Waals surface area contributed by atoms with E-state index in [9.17, 15) is 4.79 Å². The second-order valence-electron chi connectivity index (χ2n) is 9.19. The maximum atomic E-state index is 12.8. The molecule has 1 saturated heterocycles. The maximum absolute atomic E-state index is 12.8. The van der Waals surface area contributed by atoms with E-state index in [2.05, 4.69) is 38.0 Å². The van der Waals surface area contributed by atoms with E-state index in [1.54, 1.807) is 6.07 Å². The zero-order valence-corrected chi connectivity index (χ0v) is 17.7. The van der Waals surface area contributed by atoms with Gasteiger partial charge < -0.3 is 20.4 Å². The van der Waals surface area contributed by atoms with Gasteiger partial charge in [0.1, 0.15) is 0 Å². The molecule has 3 aromatic rings. The van der Waals surface area contributed by atoms with Gasteiger partial charge in [0, 0.05) is 17.1 Å². The van der Waals surface area contributed by atoms with Gasteiger partial charge in [-0.05, 0) is 59.6 Å². The molecule has 0 bridgehead atoms. The fourth-order valence-corrected chi connectivity index (χ4v) is 4.90. The Balaban J connectivity index is 2.06. The van der Waals surface area contributed by atoms with Crippen LogP contribution < -0.4 is 21.3 Å². The highest BCUT2D eigenvalue weighted by molar-refractivity contribution is 5.90. The van der Waals surface area contributed by atoms with Crippen LogP contribution in [0.25, 0.3) is 22.1 Å². The van der Waals surface area contributed by atoms with E-state index in [4.69, 9.17) is 15.5 Å². The van der Waals surface area contributed by atoms with Crippen LogP contribution in [0, 0.1) is 0 Å². The molecule has 0 unspecified atom stereocenters. The van der Waals surface area contributed by atoms with Gasteiger partial charge in [0.15, 0.2) is 22.7 Å². The molecule has 3 N–H and O–H groups in total. The third kappa shape index (κ3) is 3.44. The molecule has 0 atom stereocenters. The van der Waals surface area contributed by atoms with E-state index in [0.717, 1.165) is 12.8 Å². The van der Waals surface area contributed by atoms with E-state index >= 15 is 0 Å². The SMILES string of the molecule is CCOc1c(N)n(C2CC(C)(C)NC(C)(C)C2)c2nc3ccccc3c(=O)nc12. The smallest absolute Gasteiger partial charge is 0.279 e. The molecule has 4 rings (SSSR count). The highest BCUT2D eigenvalue weighted by Gasteiger charge is 2.40. The molecule has 29 heavy (non-hydrogen) atoms. The van der Waals surface area contributed by atoms with Gasteiger partial charge in [-0.15, -0.1) is 0 Å². The molecule has 1 aliphatic rings. The van der Waals surface area contributed by atoms with E-state index < -0.39 is 0 Å². The second kappa shape index (κ2) is 6.69. The number of nitrogens with one attached hydrogen (secondary N) is 1. The number of nitrogen functional groups attached to an aromatic ring is 1. The Morgan fingerprint density at radius 3 is 2.48 bits per heavy atom. The Labute approximate surface area is 170 Å². The number of para-hydroxylation sites is 1. The normalized spacial score (nSPS) is 18.9. The van der Waals surface area contributed by atoms with Gasteiger partial charge in [-0.3, -0.25) is 4.79 Å². The Morgan fingerprint density at radius 2 is 1.83 bits per heavy atom. The number of piperidine rings is 1. The summed E-state index contributed by atoms with van der Waals surface area (Å²) in [5.41, 5.74) is 7.75. The lowest BCUT2D eigenvalue weighted by Gasteiger charge is -2.47. The molecule has 0 spiro atoms. The van der Waals surface area contributed by atoms with Gasteiger partial charge >= 0.3 is 0 Å². The van der Waals surface area contributed by atoms with Crippen molar-refractivity contribution in [1.82, 2.24) is 19.9 Å². The number of fused-ring (bicyclic) bond motifs is 2. The molecule has 7 nitrogen and oxygen atoms in total. The summed E-state index contributed by atoms with van der Waals surface area (Å²) in [5.74, 6) is 0.927. The van der Waals surface area contributed by atoms with Crippen LogP contribution in [-0.4, -0.2) is 32.2 Å². The van der Waals surface area contributed by atoms with Crippen LogP contribution in [0.4, 0.5) is 5.82 Å². The Kier molecular flexibility index (Phi) is 4.53. The summed E-state index contributed by atoms with van der Waals surface area (Å²) in [6.45, 7) is 11.1. The monoisotopic (exact) mass is 395 g/mol. The van der Waals surface area contributed by atoms with Crippen molar-refractivity contribution in [3.8, 4) is 5.75 Å². The average molecular weight is 396 g/mol. The summed E-state index contributed by atoms with van der Waals surface area (Å²) >= 11 is 0. The van der Waals surface area contributed by atoms with Crippen molar-refractivity contribution in [2.24, 2.45) is 0 Å². The minimum atomic E-state index is -0.327. The molecule has 154 valence electrons. The first-order valence-corrected chi connectivity index (χ1v) is 10.1. The molecule has 0 aliphatic carbocycles. The Morgan fingerprint density at radius 1 is 1.17 bits per heavy atom. The molecule has 1 fully saturated rings. The molecule has 0 saturated carbocycles. The summed E-state index contributed by atoms with van der Waals surface area (Å²) in [6, 6.07) is 7.38. The Hall–Kier alpha value is -2.67. The van der Waals surface area contributed by atoms with Crippen LogP contribution in [0.2, 0.25) is 0 Å². The van der Waals surface area contributed by atoms with Gasteiger partial charge in [0.2, 0.25) is 0 Å². The van der Waals surface area contributed by atoms with E-state index in [1.807, 2.05) is 29.7 Å². The zero-order chi connectivity index (χ0) is 21.0. The number of hydrogen-bond donors (Lipinski definition) is 2. The van der Waals surface area contributed by atoms with Crippen LogP contribution in [0.3, 0.4) is 0 Å². The van der Waals surface area contributed by atoms with Crippen LogP contribution in [0.15, 0.2) is 29.1 Å². The van der Waals surface area contributed by atoms with Crippen molar-refractivity contribution in [3.63, 3.8) is 0 Å². The molecule has 3 heterocycles. The number of anilines is 1. The van der Waals surface area contributed by atoms with Gasteiger partial charge in [-0.2, -0.15) is 0 Å². The maximum Gasteiger partial charge on any atom is 0.279 e. The standard InChI is InChI=1S/C22H29N5O2/c1-6-29-17-16-19(24-15-10-8-7-9-14(15)20(28)25-16)27(18(17)23)13-11-21(2,3)26-22(4,5)12-13/h7-10,13,26H,6,11-12,23H2,1-5H3. The molecule has 0 radical (unpaired) electrons. The molecule has 1 aromatic carbocycles. The highest BCUT2D eigenvalue weighted by atomic mass is 16.5. The minimum absolute atomic E-state index is 0.0720. The minimum Gasteiger partial charge on any atom is -0.488 e. The van der Waals surface area contributed by atoms with E-state index in [1.165, 1.54) is 0 Å². The number of rotatable bonds is 3. The summed E-state index contributed by atoms with van der Waals surface area (Å²) < 4.78 is 7.88. The lowest BCUT2D eigenvalue weighted by atomic mass is 9.79. The van der Waals surface area contributed by atoms with E-state index in [0.29, 0.717) is 40.2 Å². The number of nitrogens with two attached hydrogens (primary N) is 1. The molecule has 7 heteroatoms. The van der Waals surface area contributed by atoms with Gasteiger partial charge in [-0.1, -0.05) is 12.1 Å². The molecule has 1 aliphatic heterocycles. The third-order valence-corrected chi connectivity index (χ3v) is 5.54. The lowest BCUT2D eigenvalue weighted by Crippen LogP contribution is -2.58. The summed E-state index contributed by atoms with van der Waals surface area (Å²) in [5, 5.41) is 4.19. The van der Waals surface area contributed by atoms with Gasteiger partial charge in [0.25, 0.3) is 5.56 Å². The fourth-order valence-electron chi connectivity index (χ4n) is 4.90. The first kappa shape index (κ1) is 19.6. The van der Waals surface area contributed by atoms with Crippen molar-refractivity contribution in [3.05, 3.63) is 34.6 Å². The first-order valence-electron chi connectivity index (χ1n) is 10.1. The topological polar surface area (TPSA) is 95.1 Å². The second-order valence-corrected chi connectivity index (χ2v) is 9.19. The number of ether oxygens (including phenoxy) is 1. The molecule has 2 aromatic heterocycles. The molecular formula is C22H29N5O2. The summed E-state index contributed by atoms with van der Waals surface area (Å²) in [6.07, 6.45) is 1.75. The quantitative estimate of drug-likeness (QED) is 0.706. The average Bonchev–Trinajstić information content (AvgIpc) is 2.76. The summed E-state index contributed by atoms with van der Waals surface area (Å²) in [4.78, 5) is 22.0. The van der Waals surface area contributed by atoms with Crippen molar-refractivity contribution in [2.75, 3.05) is 12.3 Å². The number of nitrogens with zero attached hydrogens (tertiary/aromatic N) is 3. The first-order chi connectivity index (χ1) is 13.6. The third-order valence-electron chi connectivity index (χ3n) is 5.54. The van der Waals surface area contributed by atoms with Crippen molar-refractivity contribution in [1.29, 1.82) is 0 Å². The predicted molar refractivity (Wildman–Crippen MR) is 116 cm³/mol. The number of benzene rings is 1. The summed E-state index contributed by atoms with van der Waals surface area (Å²) in [7, 11) is 0.